The third-order valence-corrected chi connectivity index (χ3v) is 6.95. The SMILES string of the molecule is CN(C)c1ccc(/C=C2/SC(=O)N(c3nc(N4CCCC4)nc(N4CCCC4)n3)C2=O)cc1. The molecule has 0 bridgehead atoms. The zero-order valence-corrected chi connectivity index (χ0v) is 19.7. The van der Waals surface area contributed by atoms with Crippen LogP contribution in [0.3, 0.4) is 0 Å². The van der Waals surface area contributed by atoms with Crippen molar-refractivity contribution in [2.45, 2.75) is 25.7 Å². The van der Waals surface area contributed by atoms with Crippen LogP contribution in [-0.4, -0.2) is 66.4 Å². The fourth-order valence-corrected chi connectivity index (χ4v) is 5.04. The third kappa shape index (κ3) is 4.39. The lowest BCUT2D eigenvalue weighted by atomic mass is 10.2. The van der Waals surface area contributed by atoms with Crippen LogP contribution in [0, 0.1) is 0 Å². The summed E-state index contributed by atoms with van der Waals surface area (Å²) in [7, 11) is 3.95. The highest BCUT2D eigenvalue weighted by Gasteiger charge is 2.39. The summed E-state index contributed by atoms with van der Waals surface area (Å²) in [5.41, 5.74) is 1.92. The molecular weight excluding hydrogens is 438 g/mol. The molecule has 0 unspecified atom stereocenters. The van der Waals surface area contributed by atoms with Crippen LogP contribution in [0.4, 0.5) is 28.3 Å². The number of thioether (sulfide) groups is 1. The minimum Gasteiger partial charge on any atom is -0.378 e. The van der Waals surface area contributed by atoms with Crippen molar-refractivity contribution >= 4 is 52.5 Å². The number of aromatic nitrogens is 3. The molecule has 3 aliphatic heterocycles. The van der Waals surface area contributed by atoms with Gasteiger partial charge < -0.3 is 14.7 Å². The van der Waals surface area contributed by atoms with Crippen LogP contribution in [0.15, 0.2) is 29.2 Å². The van der Waals surface area contributed by atoms with Gasteiger partial charge in [-0.1, -0.05) is 12.1 Å². The maximum absolute atomic E-state index is 13.2. The lowest BCUT2D eigenvalue weighted by Gasteiger charge is -2.22. The van der Waals surface area contributed by atoms with Crippen molar-refractivity contribution in [1.29, 1.82) is 0 Å². The van der Waals surface area contributed by atoms with Gasteiger partial charge in [0, 0.05) is 46.0 Å². The number of rotatable bonds is 5. The minimum atomic E-state index is -0.396. The van der Waals surface area contributed by atoms with Gasteiger partial charge >= 0.3 is 5.24 Å². The first kappa shape index (κ1) is 21.7. The molecular formula is C23H27N7O2S. The molecule has 5 rings (SSSR count). The first-order chi connectivity index (χ1) is 16.0. The van der Waals surface area contributed by atoms with Gasteiger partial charge in [-0.3, -0.25) is 9.59 Å². The van der Waals surface area contributed by atoms with Crippen LogP contribution in [0.1, 0.15) is 31.2 Å². The van der Waals surface area contributed by atoms with Crippen molar-refractivity contribution in [3.8, 4) is 0 Å². The van der Waals surface area contributed by atoms with Crippen molar-refractivity contribution < 1.29 is 9.59 Å². The smallest absolute Gasteiger partial charge is 0.300 e. The molecule has 0 spiro atoms. The predicted molar refractivity (Wildman–Crippen MR) is 132 cm³/mol. The fourth-order valence-electron chi connectivity index (χ4n) is 4.22. The van der Waals surface area contributed by atoms with Crippen molar-refractivity contribution in [1.82, 2.24) is 15.0 Å². The van der Waals surface area contributed by atoms with E-state index in [4.69, 9.17) is 0 Å². The largest absolute Gasteiger partial charge is 0.378 e. The molecule has 0 saturated carbocycles. The number of hydrogen-bond donors (Lipinski definition) is 0. The van der Waals surface area contributed by atoms with Gasteiger partial charge in [0.05, 0.1) is 4.91 Å². The van der Waals surface area contributed by atoms with Crippen molar-refractivity contribution in [2.24, 2.45) is 0 Å². The zero-order valence-electron chi connectivity index (χ0n) is 18.9. The van der Waals surface area contributed by atoms with Gasteiger partial charge in [0.15, 0.2) is 0 Å². The summed E-state index contributed by atoms with van der Waals surface area (Å²) in [6.45, 7) is 3.47. The average molecular weight is 466 g/mol. The van der Waals surface area contributed by atoms with Crippen LogP contribution < -0.4 is 19.6 Å². The van der Waals surface area contributed by atoms with E-state index in [1.165, 1.54) is 0 Å². The van der Waals surface area contributed by atoms with Crippen molar-refractivity contribution in [3.63, 3.8) is 0 Å². The summed E-state index contributed by atoms with van der Waals surface area (Å²) in [6, 6.07) is 7.83. The molecule has 10 heteroatoms. The van der Waals surface area contributed by atoms with Crippen LogP contribution in [0.25, 0.3) is 6.08 Å². The van der Waals surface area contributed by atoms with E-state index in [1.807, 2.05) is 43.3 Å². The number of carbonyl (C=O) groups excluding carboxylic acids is 2. The zero-order chi connectivity index (χ0) is 22.9. The Morgan fingerprint density at radius 3 is 1.85 bits per heavy atom. The molecule has 0 atom stereocenters. The molecule has 3 fully saturated rings. The van der Waals surface area contributed by atoms with Crippen LogP contribution in [0.2, 0.25) is 0 Å². The number of benzene rings is 1. The summed E-state index contributed by atoms with van der Waals surface area (Å²) in [6.07, 6.45) is 6.07. The molecule has 2 aromatic rings. The number of carbonyl (C=O) groups is 2. The standard InChI is InChI=1S/C23H27N7O2S/c1-27(2)17-9-7-16(8-10-17)15-18-19(31)30(23(32)33-18)22-25-20(28-11-3-4-12-28)24-21(26-22)29-13-5-6-14-29/h7-10,15H,3-6,11-14H2,1-2H3/b18-15+. The van der Waals surface area contributed by atoms with Gasteiger partial charge in [-0.2, -0.15) is 15.0 Å². The Morgan fingerprint density at radius 2 is 1.33 bits per heavy atom. The molecule has 0 aliphatic carbocycles. The number of amides is 2. The van der Waals surface area contributed by atoms with Crippen molar-refractivity contribution in [2.75, 3.05) is 59.9 Å². The normalized spacial score (nSPS) is 19.9. The lowest BCUT2D eigenvalue weighted by Crippen LogP contribution is -2.32. The fraction of sp³-hybridized carbons (Fsp3) is 0.435. The predicted octanol–water partition coefficient (Wildman–Crippen LogP) is 3.38. The first-order valence-corrected chi connectivity index (χ1v) is 12.1. The summed E-state index contributed by atoms with van der Waals surface area (Å²) in [5, 5.41) is -0.387. The van der Waals surface area contributed by atoms with E-state index in [9.17, 15) is 9.59 Å². The molecule has 3 aliphatic rings. The summed E-state index contributed by atoms with van der Waals surface area (Å²) in [4.78, 5) is 47.6. The van der Waals surface area contributed by atoms with Gasteiger partial charge in [0.2, 0.25) is 17.8 Å². The van der Waals surface area contributed by atoms with Gasteiger partial charge in [0.1, 0.15) is 0 Å². The molecule has 2 amide bonds. The van der Waals surface area contributed by atoms with E-state index in [-0.39, 0.29) is 11.2 Å². The average Bonchev–Trinajstić information content (AvgIpc) is 3.57. The molecule has 1 aromatic carbocycles. The second-order valence-corrected chi connectivity index (χ2v) is 9.62. The molecule has 0 radical (unpaired) electrons. The summed E-state index contributed by atoms with van der Waals surface area (Å²) in [5.74, 6) is 0.804. The summed E-state index contributed by atoms with van der Waals surface area (Å²) < 4.78 is 0. The Bertz CT molecular complexity index is 1060. The molecule has 33 heavy (non-hydrogen) atoms. The number of anilines is 4. The van der Waals surface area contributed by atoms with Gasteiger partial charge in [0.25, 0.3) is 5.91 Å². The highest BCUT2D eigenvalue weighted by atomic mass is 32.2. The Hall–Kier alpha value is -3.14. The quantitative estimate of drug-likeness (QED) is 0.617. The third-order valence-electron chi connectivity index (χ3n) is 6.08. The maximum atomic E-state index is 13.2. The highest BCUT2D eigenvalue weighted by Crippen LogP contribution is 2.36. The first-order valence-electron chi connectivity index (χ1n) is 11.3. The van der Waals surface area contributed by atoms with Gasteiger partial charge in [-0.15, -0.1) is 0 Å². The molecule has 9 nitrogen and oxygen atoms in total. The van der Waals surface area contributed by atoms with E-state index in [0.29, 0.717) is 16.8 Å². The molecule has 1 aromatic heterocycles. The van der Waals surface area contributed by atoms with Crippen LogP contribution in [-0.2, 0) is 4.79 Å². The second-order valence-electron chi connectivity index (χ2n) is 8.63. The number of imide groups is 1. The van der Waals surface area contributed by atoms with E-state index in [2.05, 4.69) is 24.8 Å². The Balaban J connectivity index is 1.46. The van der Waals surface area contributed by atoms with Gasteiger partial charge in [-0.25, -0.2) is 4.90 Å². The highest BCUT2D eigenvalue weighted by molar-refractivity contribution is 8.19. The van der Waals surface area contributed by atoms with Gasteiger partial charge in [-0.05, 0) is 61.2 Å². The van der Waals surface area contributed by atoms with E-state index < -0.39 is 5.91 Å². The molecule has 3 saturated heterocycles. The number of nitrogens with zero attached hydrogens (tertiary/aromatic N) is 7. The molecule has 172 valence electrons. The summed E-state index contributed by atoms with van der Waals surface area (Å²) >= 11 is 0.919. The Morgan fingerprint density at radius 1 is 0.818 bits per heavy atom. The Kier molecular flexibility index (Phi) is 5.92. The Labute approximate surface area is 197 Å². The van der Waals surface area contributed by atoms with E-state index in [0.717, 1.165) is 79.8 Å². The van der Waals surface area contributed by atoms with Crippen LogP contribution >= 0.6 is 11.8 Å². The minimum absolute atomic E-state index is 0.114. The maximum Gasteiger partial charge on any atom is 0.300 e. The number of hydrogen-bond acceptors (Lipinski definition) is 9. The topological polar surface area (TPSA) is 85.8 Å². The molecule has 0 N–H and O–H groups in total. The van der Waals surface area contributed by atoms with E-state index in [1.54, 1.807) is 6.08 Å². The lowest BCUT2D eigenvalue weighted by molar-refractivity contribution is -0.113. The van der Waals surface area contributed by atoms with E-state index >= 15 is 0 Å². The monoisotopic (exact) mass is 465 g/mol. The van der Waals surface area contributed by atoms with Crippen molar-refractivity contribution in [3.05, 3.63) is 34.7 Å². The second kappa shape index (κ2) is 9.01. The van der Waals surface area contributed by atoms with Crippen LogP contribution in [0.5, 0.6) is 0 Å². The molecule has 4 heterocycles.